The van der Waals surface area contributed by atoms with E-state index in [2.05, 4.69) is 0 Å². The van der Waals surface area contributed by atoms with Crippen molar-refractivity contribution in [3.63, 3.8) is 0 Å². The van der Waals surface area contributed by atoms with Gasteiger partial charge in [0.05, 0.1) is 5.41 Å². The molecule has 0 spiro atoms. The van der Waals surface area contributed by atoms with Gasteiger partial charge in [-0.1, -0.05) is 20.8 Å². The Morgan fingerprint density at radius 2 is 1.75 bits per heavy atom. The fourth-order valence-electron chi connectivity index (χ4n) is 1.73. The van der Waals surface area contributed by atoms with Crippen molar-refractivity contribution in [1.29, 1.82) is 0 Å². The van der Waals surface area contributed by atoms with Crippen LogP contribution in [0.2, 0.25) is 0 Å². The highest BCUT2D eigenvalue weighted by Crippen LogP contribution is 2.32. The molecule has 7 heteroatoms. The fraction of sp³-hybridized carbons (Fsp3) is 0.846. The molecule has 0 radical (unpaired) electrons. The molecule has 0 aliphatic carbocycles. The second-order valence-electron chi connectivity index (χ2n) is 5.48. The van der Waals surface area contributed by atoms with Gasteiger partial charge in [-0.2, -0.15) is 13.2 Å². The summed E-state index contributed by atoms with van der Waals surface area (Å²) in [6.07, 6.45) is -4.54. The zero-order chi connectivity index (χ0) is 16.1. The maximum absolute atomic E-state index is 12.4. The molecule has 0 saturated carbocycles. The summed E-state index contributed by atoms with van der Waals surface area (Å²) in [5.74, 6) is -2.31. The van der Waals surface area contributed by atoms with Crippen molar-refractivity contribution in [2.24, 2.45) is 11.3 Å². The molecule has 0 aliphatic heterocycles. The Morgan fingerprint density at radius 1 is 1.25 bits per heavy atom. The van der Waals surface area contributed by atoms with Crippen molar-refractivity contribution in [2.75, 3.05) is 13.1 Å². The number of nitrogens with zero attached hydrogens (tertiary/aromatic N) is 1. The summed E-state index contributed by atoms with van der Waals surface area (Å²) in [6, 6.07) is 0. The summed E-state index contributed by atoms with van der Waals surface area (Å²) in [7, 11) is 0. The molecule has 20 heavy (non-hydrogen) atoms. The molecule has 1 amide bonds. The summed E-state index contributed by atoms with van der Waals surface area (Å²) in [4.78, 5) is 24.0. The highest BCUT2D eigenvalue weighted by Gasteiger charge is 2.41. The van der Waals surface area contributed by atoms with Crippen LogP contribution in [0.5, 0.6) is 0 Å². The van der Waals surface area contributed by atoms with Crippen LogP contribution in [0.1, 0.15) is 40.5 Å². The van der Waals surface area contributed by atoms with Gasteiger partial charge in [0.2, 0.25) is 5.91 Å². The maximum atomic E-state index is 12.4. The highest BCUT2D eigenvalue weighted by atomic mass is 19.4. The maximum Gasteiger partial charge on any atom is 0.406 e. The number of hydrogen-bond acceptors (Lipinski definition) is 2. The molecule has 1 atom stereocenters. The molecule has 0 rings (SSSR count). The van der Waals surface area contributed by atoms with Crippen LogP contribution in [0.15, 0.2) is 0 Å². The summed E-state index contributed by atoms with van der Waals surface area (Å²) in [5, 5.41) is 9.20. The van der Waals surface area contributed by atoms with E-state index in [1.807, 2.05) is 0 Å². The Morgan fingerprint density at radius 3 is 2.05 bits per heavy atom. The van der Waals surface area contributed by atoms with E-state index in [9.17, 15) is 27.9 Å². The molecule has 0 saturated heterocycles. The van der Waals surface area contributed by atoms with Crippen LogP contribution in [0, 0.1) is 11.3 Å². The number of carbonyl (C=O) groups is 2. The van der Waals surface area contributed by atoms with E-state index in [0.29, 0.717) is 11.3 Å². The average Bonchev–Trinajstić information content (AvgIpc) is 2.25. The topological polar surface area (TPSA) is 57.6 Å². The van der Waals surface area contributed by atoms with Gasteiger partial charge >= 0.3 is 12.1 Å². The molecule has 0 bridgehead atoms. The largest absolute Gasteiger partial charge is 0.481 e. The molecule has 1 unspecified atom stereocenters. The number of carbonyl (C=O) groups excluding carboxylic acids is 1. The van der Waals surface area contributed by atoms with Gasteiger partial charge in [0, 0.05) is 13.0 Å². The Hall–Kier alpha value is -1.27. The first-order valence-electron chi connectivity index (χ1n) is 6.52. The van der Waals surface area contributed by atoms with Crippen molar-refractivity contribution in [2.45, 2.75) is 46.7 Å². The predicted octanol–water partition coefficient (Wildman–Crippen LogP) is 2.92. The van der Waals surface area contributed by atoms with Crippen LogP contribution < -0.4 is 0 Å². The van der Waals surface area contributed by atoms with Crippen molar-refractivity contribution >= 4 is 11.9 Å². The number of carboxylic acid groups (broad SMARTS) is 1. The SMILES string of the molecule is CCCN(CC(F)(F)F)C(=O)CC(C)(C(=O)O)C(C)C. The molecule has 0 aromatic carbocycles. The fourth-order valence-corrected chi connectivity index (χ4v) is 1.73. The van der Waals surface area contributed by atoms with Gasteiger partial charge in [-0.05, 0) is 19.3 Å². The Balaban J connectivity index is 5.04. The van der Waals surface area contributed by atoms with Crippen molar-refractivity contribution in [3.8, 4) is 0 Å². The third-order valence-electron chi connectivity index (χ3n) is 3.50. The zero-order valence-electron chi connectivity index (χ0n) is 12.3. The lowest BCUT2D eigenvalue weighted by atomic mass is 9.76. The van der Waals surface area contributed by atoms with Gasteiger partial charge < -0.3 is 10.0 Å². The van der Waals surface area contributed by atoms with E-state index in [1.165, 1.54) is 6.92 Å². The summed E-state index contributed by atoms with van der Waals surface area (Å²) >= 11 is 0. The summed E-state index contributed by atoms with van der Waals surface area (Å²) in [6.45, 7) is 4.94. The molecule has 0 aliphatic rings. The predicted molar refractivity (Wildman–Crippen MR) is 68.1 cm³/mol. The van der Waals surface area contributed by atoms with Crippen molar-refractivity contribution in [1.82, 2.24) is 4.90 Å². The lowest BCUT2D eigenvalue weighted by molar-refractivity contribution is -0.166. The van der Waals surface area contributed by atoms with Crippen LogP contribution in [-0.4, -0.2) is 41.1 Å². The molecular weight excluding hydrogens is 275 g/mol. The highest BCUT2D eigenvalue weighted by molar-refractivity contribution is 5.85. The molecule has 1 N–H and O–H groups in total. The summed E-state index contributed by atoms with van der Waals surface area (Å²) < 4.78 is 37.3. The Bertz CT molecular complexity index is 355. The smallest absolute Gasteiger partial charge is 0.406 e. The molecule has 0 aromatic heterocycles. The minimum absolute atomic E-state index is 0.0356. The van der Waals surface area contributed by atoms with Gasteiger partial charge in [-0.15, -0.1) is 0 Å². The molecule has 4 nitrogen and oxygen atoms in total. The third-order valence-corrected chi connectivity index (χ3v) is 3.50. The van der Waals surface area contributed by atoms with Crippen molar-refractivity contribution in [3.05, 3.63) is 0 Å². The number of amides is 1. The standard InChI is InChI=1S/C13H22F3NO3/c1-5-6-17(8-13(14,15)16)10(18)7-12(4,9(2)3)11(19)20/h9H,5-8H2,1-4H3,(H,19,20). The molecular formula is C13H22F3NO3. The summed E-state index contributed by atoms with van der Waals surface area (Å²) in [5.41, 5.74) is -1.37. The minimum Gasteiger partial charge on any atom is -0.481 e. The molecule has 0 fully saturated rings. The zero-order valence-corrected chi connectivity index (χ0v) is 12.3. The van der Waals surface area contributed by atoms with E-state index >= 15 is 0 Å². The average molecular weight is 297 g/mol. The Kier molecular flexibility index (Phi) is 6.50. The van der Waals surface area contributed by atoms with Crippen LogP contribution in [0.3, 0.4) is 0 Å². The quantitative estimate of drug-likeness (QED) is 0.786. The monoisotopic (exact) mass is 297 g/mol. The van der Waals surface area contributed by atoms with Gasteiger partial charge in [0.15, 0.2) is 0 Å². The second-order valence-corrected chi connectivity index (χ2v) is 5.48. The van der Waals surface area contributed by atoms with E-state index in [1.54, 1.807) is 20.8 Å². The Labute approximate surface area is 116 Å². The number of halogens is 3. The van der Waals surface area contributed by atoms with Crippen LogP contribution in [0.25, 0.3) is 0 Å². The minimum atomic E-state index is -4.48. The van der Waals surface area contributed by atoms with Crippen LogP contribution >= 0.6 is 0 Å². The molecule has 0 aromatic rings. The number of alkyl halides is 3. The normalized spacial score (nSPS) is 15.0. The van der Waals surface area contributed by atoms with Gasteiger partial charge in [0.1, 0.15) is 6.54 Å². The number of hydrogen-bond donors (Lipinski definition) is 1. The molecule has 0 heterocycles. The number of aliphatic carboxylic acids is 1. The van der Waals surface area contributed by atoms with E-state index < -0.39 is 36.4 Å². The molecule has 118 valence electrons. The van der Waals surface area contributed by atoms with E-state index in [0.717, 1.165) is 0 Å². The van der Waals surface area contributed by atoms with E-state index in [-0.39, 0.29) is 12.5 Å². The first-order chi connectivity index (χ1) is 8.94. The lowest BCUT2D eigenvalue weighted by Gasteiger charge is -2.32. The lowest BCUT2D eigenvalue weighted by Crippen LogP contribution is -2.44. The van der Waals surface area contributed by atoms with Gasteiger partial charge in [0.25, 0.3) is 0 Å². The number of carboxylic acids is 1. The first kappa shape index (κ1) is 18.7. The van der Waals surface area contributed by atoms with Crippen LogP contribution in [-0.2, 0) is 9.59 Å². The second kappa shape index (κ2) is 6.95. The van der Waals surface area contributed by atoms with Gasteiger partial charge in [-0.3, -0.25) is 9.59 Å². The third kappa shape index (κ3) is 5.38. The number of rotatable bonds is 7. The van der Waals surface area contributed by atoms with E-state index in [4.69, 9.17) is 0 Å². The van der Waals surface area contributed by atoms with Gasteiger partial charge in [-0.25, -0.2) is 0 Å². The first-order valence-corrected chi connectivity index (χ1v) is 6.52. The van der Waals surface area contributed by atoms with Crippen LogP contribution in [0.4, 0.5) is 13.2 Å². The van der Waals surface area contributed by atoms with Crippen molar-refractivity contribution < 1.29 is 27.9 Å².